The number of thiophene rings is 1. The Hall–Kier alpha value is -2.45. The number of ether oxygens (including phenoxy) is 1. The number of esters is 1. The van der Waals surface area contributed by atoms with Gasteiger partial charge in [-0.05, 0) is 42.1 Å². The molecular formula is C22H16Cl2N2O3S2. The standard InChI is InChI=1S/C22H16Cl2N2O3S2/c1-3-8-29-21(28)18-12(2)25-22-26(19(18)16-5-4-9-30-16)20(27)17(31-22)11-13-6-7-14(23)15(24)10-13/h3-7,9-11,19H,1,8H2,2H3. The van der Waals surface area contributed by atoms with Crippen LogP contribution in [0.5, 0.6) is 0 Å². The molecule has 0 amide bonds. The third-order valence-electron chi connectivity index (χ3n) is 4.63. The highest BCUT2D eigenvalue weighted by Gasteiger charge is 2.33. The predicted molar refractivity (Wildman–Crippen MR) is 126 cm³/mol. The first kappa shape index (κ1) is 21.8. The van der Waals surface area contributed by atoms with Crippen LogP contribution in [0.15, 0.2) is 69.4 Å². The molecular weight excluding hydrogens is 475 g/mol. The van der Waals surface area contributed by atoms with Crippen molar-refractivity contribution in [1.29, 1.82) is 0 Å². The van der Waals surface area contributed by atoms with E-state index in [4.69, 9.17) is 27.9 Å². The number of benzene rings is 1. The van der Waals surface area contributed by atoms with Crippen LogP contribution in [-0.2, 0) is 9.53 Å². The van der Waals surface area contributed by atoms with E-state index in [2.05, 4.69) is 11.6 Å². The number of fused-ring (bicyclic) bond motifs is 1. The fraction of sp³-hybridized carbons (Fsp3) is 0.136. The van der Waals surface area contributed by atoms with Gasteiger partial charge in [0, 0.05) is 4.88 Å². The molecule has 0 bridgehead atoms. The Labute approximate surface area is 195 Å². The van der Waals surface area contributed by atoms with Gasteiger partial charge in [0.2, 0.25) is 0 Å². The molecule has 158 valence electrons. The van der Waals surface area contributed by atoms with Gasteiger partial charge in [0.1, 0.15) is 12.6 Å². The summed E-state index contributed by atoms with van der Waals surface area (Å²) in [5.41, 5.74) is 1.37. The molecule has 1 aliphatic rings. The van der Waals surface area contributed by atoms with Crippen LogP contribution in [0.1, 0.15) is 23.4 Å². The van der Waals surface area contributed by atoms with Gasteiger partial charge in [-0.15, -0.1) is 11.3 Å². The smallest absolute Gasteiger partial charge is 0.338 e. The third kappa shape index (κ3) is 4.19. The monoisotopic (exact) mass is 490 g/mol. The van der Waals surface area contributed by atoms with Crippen molar-refractivity contribution in [2.24, 2.45) is 4.99 Å². The Balaban J connectivity index is 1.90. The molecule has 1 aromatic carbocycles. The molecule has 0 saturated carbocycles. The maximum atomic E-state index is 13.4. The van der Waals surface area contributed by atoms with E-state index in [1.165, 1.54) is 28.7 Å². The number of halogens is 2. The van der Waals surface area contributed by atoms with Gasteiger partial charge in [-0.2, -0.15) is 0 Å². The molecule has 1 atom stereocenters. The number of aromatic nitrogens is 1. The second-order valence-electron chi connectivity index (χ2n) is 6.66. The topological polar surface area (TPSA) is 60.7 Å². The number of hydrogen-bond acceptors (Lipinski definition) is 6. The van der Waals surface area contributed by atoms with Gasteiger partial charge in [-0.25, -0.2) is 9.79 Å². The normalized spacial score (nSPS) is 16.1. The number of carbonyl (C=O) groups excluding carboxylic acids is 1. The van der Waals surface area contributed by atoms with E-state index in [9.17, 15) is 9.59 Å². The lowest BCUT2D eigenvalue weighted by molar-refractivity contribution is -0.138. The van der Waals surface area contributed by atoms with Gasteiger partial charge in [-0.1, -0.05) is 59.3 Å². The van der Waals surface area contributed by atoms with E-state index in [1.54, 1.807) is 35.8 Å². The molecule has 4 rings (SSSR count). The largest absolute Gasteiger partial charge is 0.458 e. The highest BCUT2D eigenvalue weighted by atomic mass is 35.5. The van der Waals surface area contributed by atoms with Gasteiger partial charge in [0.25, 0.3) is 5.56 Å². The van der Waals surface area contributed by atoms with Crippen LogP contribution >= 0.6 is 45.9 Å². The van der Waals surface area contributed by atoms with Crippen molar-refractivity contribution in [2.45, 2.75) is 13.0 Å². The van der Waals surface area contributed by atoms with Gasteiger partial charge in [0.05, 0.1) is 25.8 Å². The van der Waals surface area contributed by atoms with E-state index < -0.39 is 12.0 Å². The SMILES string of the molecule is C=CCOC(=O)C1=C(C)N=c2sc(=Cc3ccc(Cl)c(Cl)c3)c(=O)n2C1c1cccs1. The second kappa shape index (κ2) is 8.96. The van der Waals surface area contributed by atoms with Gasteiger partial charge >= 0.3 is 5.97 Å². The summed E-state index contributed by atoms with van der Waals surface area (Å²) in [6.45, 7) is 5.41. The Kier molecular flexibility index (Phi) is 6.29. The number of thiazole rings is 1. The number of allylic oxidation sites excluding steroid dienone is 1. The summed E-state index contributed by atoms with van der Waals surface area (Å²) in [4.78, 5) is 32.1. The minimum Gasteiger partial charge on any atom is -0.458 e. The molecule has 0 fully saturated rings. The number of hydrogen-bond donors (Lipinski definition) is 0. The van der Waals surface area contributed by atoms with Crippen LogP contribution in [0.25, 0.3) is 6.08 Å². The average molecular weight is 491 g/mol. The number of carbonyl (C=O) groups is 1. The highest BCUT2D eigenvalue weighted by Crippen LogP contribution is 2.33. The van der Waals surface area contributed by atoms with E-state index >= 15 is 0 Å². The maximum Gasteiger partial charge on any atom is 0.338 e. The van der Waals surface area contributed by atoms with Crippen LogP contribution in [0.2, 0.25) is 10.0 Å². The molecule has 0 spiro atoms. The predicted octanol–water partition coefficient (Wildman–Crippen LogP) is 4.33. The number of nitrogens with zero attached hydrogens (tertiary/aromatic N) is 2. The molecule has 5 nitrogen and oxygen atoms in total. The summed E-state index contributed by atoms with van der Waals surface area (Å²) < 4.78 is 7.33. The minimum absolute atomic E-state index is 0.0779. The lowest BCUT2D eigenvalue weighted by atomic mass is 10.0. The molecule has 1 unspecified atom stereocenters. The zero-order valence-corrected chi connectivity index (χ0v) is 19.4. The fourth-order valence-electron chi connectivity index (χ4n) is 3.26. The van der Waals surface area contributed by atoms with Crippen LogP contribution < -0.4 is 14.9 Å². The van der Waals surface area contributed by atoms with Crippen LogP contribution in [0.3, 0.4) is 0 Å². The van der Waals surface area contributed by atoms with Crippen molar-refractivity contribution >= 4 is 57.9 Å². The molecule has 3 heterocycles. The summed E-state index contributed by atoms with van der Waals surface area (Å²) in [5.74, 6) is -0.515. The van der Waals surface area contributed by atoms with Crippen molar-refractivity contribution in [2.75, 3.05) is 6.61 Å². The molecule has 9 heteroatoms. The molecule has 0 saturated heterocycles. The lowest BCUT2D eigenvalue weighted by Crippen LogP contribution is -2.39. The third-order valence-corrected chi connectivity index (χ3v) is 7.27. The Bertz CT molecular complexity index is 1380. The fourth-order valence-corrected chi connectivity index (χ4v) is 5.44. The zero-order chi connectivity index (χ0) is 22.1. The molecule has 2 aromatic heterocycles. The van der Waals surface area contributed by atoms with Crippen molar-refractivity contribution in [3.63, 3.8) is 0 Å². The zero-order valence-electron chi connectivity index (χ0n) is 16.3. The summed E-state index contributed by atoms with van der Waals surface area (Å²) in [6, 6.07) is 8.33. The summed E-state index contributed by atoms with van der Waals surface area (Å²) in [5, 5.41) is 2.75. The maximum absolute atomic E-state index is 13.4. The van der Waals surface area contributed by atoms with E-state index in [1.807, 2.05) is 17.5 Å². The Morgan fingerprint density at radius 2 is 2.13 bits per heavy atom. The first-order valence-electron chi connectivity index (χ1n) is 9.19. The quantitative estimate of drug-likeness (QED) is 0.394. The van der Waals surface area contributed by atoms with Gasteiger partial charge in [-0.3, -0.25) is 9.36 Å². The minimum atomic E-state index is -0.607. The van der Waals surface area contributed by atoms with Crippen molar-refractivity contribution in [1.82, 2.24) is 4.57 Å². The van der Waals surface area contributed by atoms with Crippen molar-refractivity contribution < 1.29 is 9.53 Å². The summed E-state index contributed by atoms with van der Waals surface area (Å²) in [7, 11) is 0. The van der Waals surface area contributed by atoms with Crippen molar-refractivity contribution in [3.8, 4) is 0 Å². The van der Waals surface area contributed by atoms with Crippen molar-refractivity contribution in [3.05, 3.63) is 99.8 Å². The Morgan fingerprint density at radius 3 is 2.81 bits per heavy atom. The highest BCUT2D eigenvalue weighted by molar-refractivity contribution is 7.10. The average Bonchev–Trinajstić information content (AvgIpc) is 3.37. The van der Waals surface area contributed by atoms with Gasteiger partial charge < -0.3 is 4.74 Å². The molecule has 0 radical (unpaired) electrons. The van der Waals surface area contributed by atoms with E-state index in [0.717, 1.165) is 10.4 Å². The van der Waals surface area contributed by atoms with Crippen LogP contribution in [-0.4, -0.2) is 17.1 Å². The second-order valence-corrected chi connectivity index (χ2v) is 9.46. The lowest BCUT2D eigenvalue weighted by Gasteiger charge is -2.23. The first-order chi connectivity index (χ1) is 14.9. The molecule has 31 heavy (non-hydrogen) atoms. The molecule has 0 aliphatic carbocycles. The van der Waals surface area contributed by atoms with E-state index in [-0.39, 0.29) is 12.2 Å². The molecule has 3 aromatic rings. The van der Waals surface area contributed by atoms with E-state index in [0.29, 0.717) is 30.6 Å². The first-order valence-corrected chi connectivity index (χ1v) is 11.6. The van der Waals surface area contributed by atoms with Crippen LogP contribution in [0, 0.1) is 0 Å². The molecule has 0 N–H and O–H groups in total. The summed E-state index contributed by atoms with van der Waals surface area (Å²) in [6.07, 6.45) is 3.24. The van der Waals surface area contributed by atoms with Gasteiger partial charge in [0.15, 0.2) is 4.80 Å². The van der Waals surface area contributed by atoms with Crippen LogP contribution in [0.4, 0.5) is 0 Å². The Morgan fingerprint density at radius 1 is 1.32 bits per heavy atom. The summed E-state index contributed by atoms with van der Waals surface area (Å²) >= 11 is 14.8. The molecule has 1 aliphatic heterocycles. The number of rotatable bonds is 5.